The molecule has 2 aromatic rings. The van der Waals surface area contributed by atoms with Gasteiger partial charge >= 0.3 is 0 Å². The van der Waals surface area contributed by atoms with E-state index >= 15 is 0 Å². The first-order valence-corrected chi connectivity index (χ1v) is 7.36. The SMILES string of the molecule is CC(CNc1nc(NN)nc(-n2cncn2)n1)S(C)=O. The van der Waals surface area contributed by atoms with Crippen molar-refractivity contribution in [3.05, 3.63) is 12.7 Å². The van der Waals surface area contributed by atoms with Gasteiger partial charge in [-0.25, -0.2) is 10.8 Å². The first kappa shape index (κ1) is 14.3. The zero-order valence-electron chi connectivity index (χ0n) is 11.0. The minimum Gasteiger partial charge on any atom is -0.353 e. The van der Waals surface area contributed by atoms with Crippen LogP contribution in [-0.2, 0) is 10.8 Å². The molecule has 2 unspecified atom stereocenters. The van der Waals surface area contributed by atoms with E-state index in [-0.39, 0.29) is 17.1 Å². The van der Waals surface area contributed by atoms with Crippen molar-refractivity contribution in [2.45, 2.75) is 12.2 Å². The maximum Gasteiger partial charge on any atom is 0.258 e. The number of aromatic nitrogens is 6. The Labute approximate surface area is 117 Å². The summed E-state index contributed by atoms with van der Waals surface area (Å²) < 4.78 is 12.7. The molecule has 0 radical (unpaired) electrons. The molecule has 20 heavy (non-hydrogen) atoms. The molecular weight excluding hydrogens is 282 g/mol. The standard InChI is InChI=1S/C9H15N9OS/c1-6(20(2)19)3-12-7-14-8(17-10)16-9(15-7)18-5-11-4-13-18/h4-6H,3,10H2,1-2H3,(H2,12,14,15,16,17). The fourth-order valence-electron chi connectivity index (χ4n) is 1.27. The van der Waals surface area contributed by atoms with Crippen LogP contribution in [0.3, 0.4) is 0 Å². The van der Waals surface area contributed by atoms with Crippen LogP contribution in [0.4, 0.5) is 11.9 Å². The largest absolute Gasteiger partial charge is 0.353 e. The molecule has 0 saturated carbocycles. The Morgan fingerprint density at radius 3 is 2.75 bits per heavy atom. The molecule has 2 aromatic heterocycles. The van der Waals surface area contributed by atoms with Gasteiger partial charge in [0.1, 0.15) is 12.7 Å². The minimum atomic E-state index is -0.928. The van der Waals surface area contributed by atoms with Gasteiger partial charge in [-0.15, -0.1) is 0 Å². The number of nitrogens with one attached hydrogen (secondary N) is 2. The molecule has 2 heterocycles. The van der Waals surface area contributed by atoms with Crippen molar-refractivity contribution in [2.75, 3.05) is 23.5 Å². The van der Waals surface area contributed by atoms with Crippen molar-refractivity contribution in [1.82, 2.24) is 29.7 Å². The lowest BCUT2D eigenvalue weighted by molar-refractivity contribution is 0.678. The van der Waals surface area contributed by atoms with Crippen LogP contribution < -0.4 is 16.6 Å². The van der Waals surface area contributed by atoms with Gasteiger partial charge in [0.05, 0.1) is 0 Å². The van der Waals surface area contributed by atoms with Crippen molar-refractivity contribution in [3.8, 4) is 5.95 Å². The molecule has 2 rings (SSSR count). The van der Waals surface area contributed by atoms with Crippen LogP contribution in [0.1, 0.15) is 6.92 Å². The van der Waals surface area contributed by atoms with Crippen molar-refractivity contribution >= 4 is 22.7 Å². The summed E-state index contributed by atoms with van der Waals surface area (Å²) in [4.78, 5) is 16.1. The van der Waals surface area contributed by atoms with Crippen molar-refractivity contribution in [3.63, 3.8) is 0 Å². The predicted octanol–water partition coefficient (Wildman–Crippen LogP) is -1.08. The molecule has 0 fully saturated rings. The third-order valence-corrected chi connectivity index (χ3v) is 3.79. The summed E-state index contributed by atoms with van der Waals surface area (Å²) in [5.74, 6) is 6.11. The van der Waals surface area contributed by atoms with Gasteiger partial charge < -0.3 is 5.32 Å². The highest BCUT2D eigenvalue weighted by atomic mass is 32.2. The highest BCUT2D eigenvalue weighted by Gasteiger charge is 2.10. The van der Waals surface area contributed by atoms with Gasteiger partial charge in [-0.2, -0.15) is 24.7 Å². The lowest BCUT2D eigenvalue weighted by Crippen LogP contribution is -2.23. The summed E-state index contributed by atoms with van der Waals surface area (Å²) in [6.07, 6.45) is 4.48. The summed E-state index contributed by atoms with van der Waals surface area (Å²) in [5.41, 5.74) is 2.36. The van der Waals surface area contributed by atoms with Gasteiger partial charge in [-0.3, -0.25) is 9.63 Å². The Morgan fingerprint density at radius 2 is 2.15 bits per heavy atom. The molecule has 0 aliphatic carbocycles. The highest BCUT2D eigenvalue weighted by molar-refractivity contribution is 7.84. The highest BCUT2D eigenvalue weighted by Crippen LogP contribution is 2.07. The maximum absolute atomic E-state index is 11.3. The van der Waals surface area contributed by atoms with E-state index in [9.17, 15) is 4.21 Å². The van der Waals surface area contributed by atoms with Gasteiger partial charge in [0.2, 0.25) is 11.9 Å². The number of hydrazine groups is 1. The molecule has 0 aromatic carbocycles. The predicted molar refractivity (Wildman–Crippen MR) is 74.6 cm³/mol. The average molecular weight is 297 g/mol. The van der Waals surface area contributed by atoms with Gasteiger partial charge in [-0.1, -0.05) is 0 Å². The second-order valence-corrected chi connectivity index (χ2v) is 5.76. The Hall–Kier alpha value is -2.14. The van der Waals surface area contributed by atoms with Gasteiger partial charge in [-0.05, 0) is 6.92 Å². The fraction of sp³-hybridized carbons (Fsp3) is 0.444. The smallest absolute Gasteiger partial charge is 0.258 e. The molecule has 0 bridgehead atoms. The first-order valence-electron chi connectivity index (χ1n) is 5.74. The van der Waals surface area contributed by atoms with E-state index in [2.05, 4.69) is 35.8 Å². The minimum absolute atomic E-state index is 0.0316. The van der Waals surface area contributed by atoms with E-state index in [0.717, 1.165) is 0 Å². The number of nitrogens with two attached hydrogens (primary N) is 1. The number of nitrogens with zero attached hydrogens (tertiary/aromatic N) is 6. The lowest BCUT2D eigenvalue weighted by Gasteiger charge is -2.11. The Balaban J connectivity index is 2.20. The summed E-state index contributed by atoms with van der Waals surface area (Å²) in [5, 5.41) is 6.89. The molecule has 108 valence electrons. The summed E-state index contributed by atoms with van der Waals surface area (Å²) in [6, 6.07) is 0. The van der Waals surface area contributed by atoms with Crippen LogP contribution in [0, 0.1) is 0 Å². The molecule has 11 heteroatoms. The van der Waals surface area contributed by atoms with E-state index in [1.165, 1.54) is 17.3 Å². The Kier molecular flexibility index (Phi) is 4.53. The summed E-state index contributed by atoms with van der Waals surface area (Å²) in [7, 11) is -0.928. The van der Waals surface area contributed by atoms with Crippen LogP contribution in [0.25, 0.3) is 5.95 Å². The van der Waals surface area contributed by atoms with Crippen molar-refractivity contribution in [1.29, 1.82) is 0 Å². The van der Waals surface area contributed by atoms with Crippen LogP contribution in [0.2, 0.25) is 0 Å². The first-order chi connectivity index (χ1) is 9.60. The number of rotatable bonds is 6. The van der Waals surface area contributed by atoms with E-state index in [1.54, 1.807) is 6.26 Å². The maximum atomic E-state index is 11.3. The number of anilines is 2. The number of nitrogen functional groups attached to an aromatic ring is 1. The van der Waals surface area contributed by atoms with E-state index in [0.29, 0.717) is 12.5 Å². The van der Waals surface area contributed by atoms with Crippen LogP contribution in [0.15, 0.2) is 12.7 Å². The lowest BCUT2D eigenvalue weighted by atomic mass is 10.5. The molecule has 0 spiro atoms. The molecule has 10 nitrogen and oxygen atoms in total. The van der Waals surface area contributed by atoms with Gasteiger partial charge in [0.25, 0.3) is 5.95 Å². The quantitative estimate of drug-likeness (QED) is 0.449. The topological polar surface area (TPSA) is 137 Å². The second kappa shape index (κ2) is 6.34. The van der Waals surface area contributed by atoms with E-state index < -0.39 is 10.8 Å². The van der Waals surface area contributed by atoms with Crippen LogP contribution in [0.5, 0.6) is 0 Å². The molecule has 0 aliphatic heterocycles. The summed E-state index contributed by atoms with van der Waals surface area (Å²) in [6.45, 7) is 2.33. The molecule has 0 amide bonds. The second-order valence-electron chi connectivity index (χ2n) is 3.96. The Bertz CT molecular complexity index is 587. The van der Waals surface area contributed by atoms with Gasteiger partial charge in [0.15, 0.2) is 0 Å². The third-order valence-electron chi connectivity index (χ3n) is 2.49. The van der Waals surface area contributed by atoms with E-state index in [4.69, 9.17) is 5.84 Å². The zero-order valence-corrected chi connectivity index (χ0v) is 11.8. The Morgan fingerprint density at radius 1 is 1.40 bits per heavy atom. The molecule has 0 aliphatic rings. The molecular formula is C9H15N9OS. The number of hydrogen-bond donors (Lipinski definition) is 3. The summed E-state index contributed by atoms with van der Waals surface area (Å²) >= 11 is 0. The fourth-order valence-corrected chi connectivity index (χ4v) is 1.59. The average Bonchev–Trinajstić information content (AvgIpc) is 2.98. The number of hydrogen-bond acceptors (Lipinski definition) is 9. The van der Waals surface area contributed by atoms with Crippen molar-refractivity contribution < 1.29 is 4.21 Å². The zero-order chi connectivity index (χ0) is 14.5. The normalized spacial score (nSPS) is 13.8. The monoisotopic (exact) mass is 297 g/mol. The van der Waals surface area contributed by atoms with E-state index in [1.807, 2.05) is 6.92 Å². The van der Waals surface area contributed by atoms with Gasteiger partial charge in [0, 0.05) is 28.9 Å². The van der Waals surface area contributed by atoms with Crippen LogP contribution in [-0.4, -0.2) is 52.0 Å². The molecule has 4 N–H and O–H groups in total. The molecule has 0 saturated heterocycles. The molecule has 2 atom stereocenters. The van der Waals surface area contributed by atoms with Crippen molar-refractivity contribution in [2.24, 2.45) is 5.84 Å². The third kappa shape index (κ3) is 3.45. The van der Waals surface area contributed by atoms with Crippen LogP contribution >= 0.6 is 0 Å².